The summed E-state index contributed by atoms with van der Waals surface area (Å²) in [5.41, 5.74) is 2.29. The summed E-state index contributed by atoms with van der Waals surface area (Å²) in [6.45, 7) is 3.74. The van der Waals surface area contributed by atoms with Gasteiger partial charge in [0.15, 0.2) is 6.61 Å². The van der Waals surface area contributed by atoms with Gasteiger partial charge in [0, 0.05) is 13.1 Å². The first kappa shape index (κ1) is 15.9. The van der Waals surface area contributed by atoms with E-state index in [1.807, 2.05) is 19.9 Å². The molecule has 126 valence electrons. The van der Waals surface area contributed by atoms with Crippen LogP contribution < -0.4 is 20.7 Å². The Bertz CT molecular complexity index is 799. The highest BCUT2D eigenvalue weighted by Gasteiger charge is 2.18. The molecule has 2 aromatic rings. The Labute approximate surface area is 139 Å². The lowest BCUT2D eigenvalue weighted by Crippen LogP contribution is -2.32. The molecular formula is C16H19N5O3. The van der Waals surface area contributed by atoms with Crippen molar-refractivity contribution in [2.24, 2.45) is 7.05 Å². The third-order valence-electron chi connectivity index (χ3n) is 3.73. The molecule has 0 unspecified atom stereocenters. The summed E-state index contributed by atoms with van der Waals surface area (Å²) in [7, 11) is 1.76. The Morgan fingerprint density at radius 3 is 2.92 bits per heavy atom. The van der Waals surface area contributed by atoms with Gasteiger partial charge in [0.1, 0.15) is 11.6 Å². The normalized spacial score (nSPS) is 14.2. The van der Waals surface area contributed by atoms with Crippen molar-refractivity contribution < 1.29 is 14.3 Å². The first-order chi connectivity index (χ1) is 11.4. The van der Waals surface area contributed by atoms with Crippen LogP contribution >= 0.6 is 0 Å². The Hall–Kier alpha value is -3.03. The van der Waals surface area contributed by atoms with Crippen molar-refractivity contribution in [1.82, 2.24) is 15.1 Å². The third kappa shape index (κ3) is 3.32. The summed E-state index contributed by atoms with van der Waals surface area (Å²) >= 11 is 0. The van der Waals surface area contributed by atoms with Gasteiger partial charge in [0.05, 0.1) is 17.4 Å². The number of nitrogens with one attached hydrogen (secondary N) is 3. The van der Waals surface area contributed by atoms with E-state index in [-0.39, 0.29) is 24.6 Å². The van der Waals surface area contributed by atoms with Crippen molar-refractivity contribution in [1.29, 1.82) is 0 Å². The number of aromatic nitrogens is 2. The maximum absolute atomic E-state index is 12.1. The second kappa shape index (κ2) is 6.23. The van der Waals surface area contributed by atoms with E-state index in [2.05, 4.69) is 21.0 Å². The van der Waals surface area contributed by atoms with Crippen LogP contribution in [0.2, 0.25) is 0 Å². The molecule has 1 atom stereocenters. The fourth-order valence-electron chi connectivity index (χ4n) is 2.53. The lowest BCUT2D eigenvalue weighted by molar-refractivity contribution is -0.118. The van der Waals surface area contributed by atoms with Gasteiger partial charge >= 0.3 is 6.03 Å². The van der Waals surface area contributed by atoms with Crippen LogP contribution in [0.1, 0.15) is 24.2 Å². The van der Waals surface area contributed by atoms with Crippen molar-refractivity contribution in [3.63, 3.8) is 0 Å². The number of carbonyl (C=O) groups excluding carboxylic acids is 2. The number of rotatable bonds is 3. The summed E-state index contributed by atoms with van der Waals surface area (Å²) in [5, 5.41) is 12.5. The molecule has 3 rings (SSSR count). The average molecular weight is 329 g/mol. The van der Waals surface area contributed by atoms with Gasteiger partial charge in [-0.2, -0.15) is 5.10 Å². The van der Waals surface area contributed by atoms with Crippen molar-refractivity contribution >= 4 is 23.4 Å². The predicted molar refractivity (Wildman–Crippen MR) is 89.1 cm³/mol. The molecule has 24 heavy (non-hydrogen) atoms. The molecule has 0 saturated carbocycles. The smallest absolute Gasteiger partial charge is 0.320 e. The summed E-state index contributed by atoms with van der Waals surface area (Å²) in [5.74, 6) is 1.05. The van der Waals surface area contributed by atoms with E-state index >= 15 is 0 Å². The Balaban J connectivity index is 1.67. The van der Waals surface area contributed by atoms with Crippen LogP contribution in [-0.4, -0.2) is 28.3 Å². The average Bonchev–Trinajstić information content (AvgIpc) is 2.83. The fourth-order valence-corrected chi connectivity index (χ4v) is 2.53. The lowest BCUT2D eigenvalue weighted by Gasteiger charge is -2.21. The van der Waals surface area contributed by atoms with Crippen LogP contribution in [0.15, 0.2) is 24.3 Å². The largest absolute Gasteiger partial charge is 0.482 e. The fraction of sp³-hybridized carbons (Fsp3) is 0.312. The second-order valence-electron chi connectivity index (χ2n) is 5.71. The third-order valence-corrected chi connectivity index (χ3v) is 3.73. The summed E-state index contributed by atoms with van der Waals surface area (Å²) < 4.78 is 6.93. The molecule has 0 radical (unpaired) electrons. The minimum atomic E-state index is -0.330. The van der Waals surface area contributed by atoms with E-state index in [1.165, 1.54) is 0 Å². The molecule has 3 N–H and O–H groups in total. The SMILES string of the molecule is Cc1cc(NC(=O)N[C@@H](C)c2ccc3c(c2)NC(=O)CO3)n(C)n1. The number of hydrogen-bond donors (Lipinski definition) is 3. The molecule has 0 fully saturated rings. The molecule has 1 aliphatic heterocycles. The summed E-state index contributed by atoms with van der Waals surface area (Å²) in [6.07, 6.45) is 0. The second-order valence-corrected chi connectivity index (χ2v) is 5.71. The Morgan fingerprint density at radius 2 is 2.21 bits per heavy atom. The minimum Gasteiger partial charge on any atom is -0.482 e. The molecular weight excluding hydrogens is 310 g/mol. The van der Waals surface area contributed by atoms with Crippen LogP contribution in [0, 0.1) is 6.92 Å². The number of aryl methyl sites for hydroxylation is 2. The monoisotopic (exact) mass is 329 g/mol. The van der Waals surface area contributed by atoms with Gasteiger partial charge < -0.3 is 15.4 Å². The summed E-state index contributed by atoms with van der Waals surface area (Å²) in [6, 6.07) is 6.65. The van der Waals surface area contributed by atoms with Gasteiger partial charge in [0.25, 0.3) is 5.91 Å². The first-order valence-corrected chi connectivity index (χ1v) is 7.57. The number of amides is 3. The van der Waals surface area contributed by atoms with Gasteiger partial charge in [0.2, 0.25) is 0 Å². The van der Waals surface area contributed by atoms with Gasteiger partial charge in [-0.15, -0.1) is 0 Å². The highest BCUT2D eigenvalue weighted by Crippen LogP contribution is 2.30. The molecule has 0 aliphatic carbocycles. The standard InChI is InChI=1S/C16H19N5O3/c1-9-6-14(21(3)20-9)19-16(23)17-10(2)11-4-5-13-12(7-11)18-15(22)8-24-13/h4-7,10H,8H2,1-3H3,(H,18,22)(H2,17,19,23)/t10-/m0/s1. The highest BCUT2D eigenvalue weighted by molar-refractivity contribution is 5.95. The zero-order chi connectivity index (χ0) is 17.3. The van der Waals surface area contributed by atoms with E-state index in [1.54, 1.807) is 29.9 Å². The van der Waals surface area contributed by atoms with Crippen molar-refractivity contribution in [2.45, 2.75) is 19.9 Å². The minimum absolute atomic E-state index is 0.0205. The molecule has 3 amide bonds. The van der Waals surface area contributed by atoms with Crippen LogP contribution in [-0.2, 0) is 11.8 Å². The van der Waals surface area contributed by atoms with Gasteiger partial charge in [-0.25, -0.2) is 4.79 Å². The number of urea groups is 1. The van der Waals surface area contributed by atoms with Crippen LogP contribution in [0.25, 0.3) is 0 Å². The predicted octanol–water partition coefficient (Wildman–Crippen LogP) is 1.94. The Kier molecular flexibility index (Phi) is 4.11. The topological polar surface area (TPSA) is 97.3 Å². The van der Waals surface area contributed by atoms with Crippen LogP contribution in [0.3, 0.4) is 0 Å². The number of anilines is 2. The zero-order valence-corrected chi connectivity index (χ0v) is 13.7. The molecule has 0 spiro atoms. The number of hydrogen-bond acceptors (Lipinski definition) is 4. The number of benzene rings is 1. The number of ether oxygens (including phenoxy) is 1. The molecule has 2 heterocycles. The van der Waals surface area contributed by atoms with E-state index < -0.39 is 0 Å². The van der Waals surface area contributed by atoms with E-state index in [4.69, 9.17) is 4.74 Å². The highest BCUT2D eigenvalue weighted by atomic mass is 16.5. The number of carbonyl (C=O) groups is 2. The van der Waals surface area contributed by atoms with Crippen LogP contribution in [0.5, 0.6) is 5.75 Å². The van der Waals surface area contributed by atoms with Crippen molar-refractivity contribution in [3.8, 4) is 5.75 Å². The number of fused-ring (bicyclic) bond motifs is 1. The quantitative estimate of drug-likeness (QED) is 0.801. The maximum atomic E-state index is 12.1. The lowest BCUT2D eigenvalue weighted by atomic mass is 10.1. The number of nitrogens with zero attached hydrogens (tertiary/aromatic N) is 2. The molecule has 1 aromatic heterocycles. The summed E-state index contributed by atoms with van der Waals surface area (Å²) in [4.78, 5) is 23.5. The van der Waals surface area contributed by atoms with Gasteiger partial charge in [-0.05, 0) is 31.5 Å². The molecule has 1 aliphatic rings. The first-order valence-electron chi connectivity index (χ1n) is 7.57. The van der Waals surface area contributed by atoms with Gasteiger partial charge in [-0.1, -0.05) is 6.07 Å². The van der Waals surface area contributed by atoms with E-state index in [0.717, 1.165) is 11.3 Å². The molecule has 8 heteroatoms. The van der Waals surface area contributed by atoms with E-state index in [9.17, 15) is 9.59 Å². The van der Waals surface area contributed by atoms with Crippen molar-refractivity contribution in [2.75, 3.05) is 17.2 Å². The molecule has 8 nitrogen and oxygen atoms in total. The van der Waals surface area contributed by atoms with Gasteiger partial charge in [-0.3, -0.25) is 14.8 Å². The van der Waals surface area contributed by atoms with E-state index in [0.29, 0.717) is 17.3 Å². The molecule has 1 aromatic carbocycles. The van der Waals surface area contributed by atoms with Crippen molar-refractivity contribution in [3.05, 3.63) is 35.5 Å². The van der Waals surface area contributed by atoms with Crippen LogP contribution in [0.4, 0.5) is 16.3 Å². The zero-order valence-electron chi connectivity index (χ0n) is 13.7. The Morgan fingerprint density at radius 1 is 1.42 bits per heavy atom. The maximum Gasteiger partial charge on any atom is 0.320 e. The molecule has 0 bridgehead atoms. The molecule has 0 saturated heterocycles.